The average molecular weight is 166 g/mol. The minimum absolute atomic E-state index is 0.168. The highest BCUT2D eigenvalue weighted by Crippen LogP contribution is 2.35. The van der Waals surface area contributed by atoms with Crippen molar-refractivity contribution >= 4 is 0 Å². The highest BCUT2D eigenvalue weighted by atomic mass is 16.6. The van der Waals surface area contributed by atoms with Gasteiger partial charge in [-0.15, -0.1) is 0 Å². The van der Waals surface area contributed by atoms with Gasteiger partial charge in [0, 0.05) is 0 Å². The zero-order valence-electron chi connectivity index (χ0n) is 6.78. The van der Waals surface area contributed by atoms with Gasteiger partial charge in [0.15, 0.2) is 11.5 Å². The number of ether oxygens (including phenoxy) is 2. The van der Waals surface area contributed by atoms with Gasteiger partial charge in [-0.25, -0.2) is 0 Å². The van der Waals surface area contributed by atoms with E-state index in [0.717, 1.165) is 12.2 Å². The Morgan fingerprint density at radius 2 is 2.33 bits per heavy atom. The monoisotopic (exact) mass is 166 g/mol. The molecule has 0 radical (unpaired) electrons. The van der Waals surface area contributed by atoms with E-state index >= 15 is 0 Å². The maximum atomic E-state index is 9.27. The summed E-state index contributed by atoms with van der Waals surface area (Å²) in [4.78, 5) is 0. The van der Waals surface area contributed by atoms with Gasteiger partial charge in [-0.3, -0.25) is 0 Å². The summed E-state index contributed by atoms with van der Waals surface area (Å²) in [5.41, 5.74) is 1.06. The van der Waals surface area contributed by atoms with Crippen molar-refractivity contribution in [1.82, 2.24) is 0 Å². The largest absolute Gasteiger partial charge is 0.504 e. The van der Waals surface area contributed by atoms with Crippen molar-refractivity contribution in [1.29, 1.82) is 0 Å². The van der Waals surface area contributed by atoms with Gasteiger partial charge in [0.05, 0.1) is 13.7 Å². The average Bonchev–Trinajstić information content (AvgIpc) is 2.88. The molecule has 0 saturated carbocycles. The molecule has 0 aliphatic carbocycles. The molecule has 12 heavy (non-hydrogen) atoms. The second-order valence-electron chi connectivity index (χ2n) is 2.75. The Balaban J connectivity index is 2.33. The van der Waals surface area contributed by atoms with E-state index in [0.29, 0.717) is 5.75 Å². The molecular weight excluding hydrogens is 156 g/mol. The Hall–Kier alpha value is -1.22. The van der Waals surface area contributed by atoms with E-state index in [1.54, 1.807) is 12.1 Å². The molecular formula is C9H10O3. The van der Waals surface area contributed by atoms with Crippen LogP contribution in [0.25, 0.3) is 0 Å². The van der Waals surface area contributed by atoms with Crippen LogP contribution >= 0.6 is 0 Å². The Kier molecular flexibility index (Phi) is 1.66. The Labute approximate surface area is 70.5 Å². The molecule has 0 unspecified atom stereocenters. The molecule has 3 heteroatoms. The van der Waals surface area contributed by atoms with Crippen LogP contribution in [-0.2, 0) is 4.74 Å². The number of rotatable bonds is 2. The van der Waals surface area contributed by atoms with Gasteiger partial charge in [-0.05, 0) is 17.7 Å². The number of benzene rings is 1. The fourth-order valence-electron chi connectivity index (χ4n) is 1.14. The fourth-order valence-corrected chi connectivity index (χ4v) is 1.14. The van der Waals surface area contributed by atoms with Gasteiger partial charge >= 0.3 is 0 Å². The van der Waals surface area contributed by atoms with Crippen molar-refractivity contribution in [3.8, 4) is 11.5 Å². The number of hydrogen-bond acceptors (Lipinski definition) is 3. The van der Waals surface area contributed by atoms with E-state index in [1.807, 2.05) is 6.07 Å². The molecule has 0 amide bonds. The highest BCUT2D eigenvalue weighted by molar-refractivity contribution is 5.42. The van der Waals surface area contributed by atoms with Gasteiger partial charge in [-0.2, -0.15) is 0 Å². The lowest BCUT2D eigenvalue weighted by Crippen LogP contribution is -1.86. The van der Waals surface area contributed by atoms with Crippen LogP contribution in [0.1, 0.15) is 11.7 Å². The normalized spacial score (nSPS) is 20.6. The molecule has 1 atom stereocenters. The van der Waals surface area contributed by atoms with Crippen molar-refractivity contribution in [2.45, 2.75) is 6.10 Å². The minimum Gasteiger partial charge on any atom is -0.504 e. The predicted octanol–water partition coefficient (Wildman–Crippen LogP) is 1.47. The van der Waals surface area contributed by atoms with E-state index in [2.05, 4.69) is 0 Å². The molecule has 1 aliphatic heterocycles. The number of phenolic OH excluding ortho intramolecular Hbond substituents is 1. The summed E-state index contributed by atoms with van der Waals surface area (Å²) >= 11 is 0. The quantitative estimate of drug-likeness (QED) is 0.676. The summed E-state index contributed by atoms with van der Waals surface area (Å²) in [6, 6.07) is 5.26. The number of epoxide rings is 1. The Bertz CT molecular complexity index is 292. The van der Waals surface area contributed by atoms with Crippen molar-refractivity contribution in [3.05, 3.63) is 23.8 Å². The predicted molar refractivity (Wildman–Crippen MR) is 43.4 cm³/mol. The highest BCUT2D eigenvalue weighted by Gasteiger charge is 2.25. The second kappa shape index (κ2) is 2.68. The third kappa shape index (κ3) is 1.23. The molecule has 1 aromatic carbocycles. The van der Waals surface area contributed by atoms with Gasteiger partial charge < -0.3 is 14.6 Å². The Morgan fingerprint density at radius 3 is 2.92 bits per heavy atom. The summed E-state index contributed by atoms with van der Waals surface area (Å²) in [5.74, 6) is 0.671. The molecule has 1 aromatic rings. The zero-order chi connectivity index (χ0) is 8.55. The molecule has 64 valence electrons. The fraction of sp³-hybridized carbons (Fsp3) is 0.333. The number of aromatic hydroxyl groups is 1. The molecule has 3 nitrogen and oxygen atoms in total. The van der Waals surface area contributed by atoms with Crippen molar-refractivity contribution < 1.29 is 14.6 Å². The van der Waals surface area contributed by atoms with E-state index < -0.39 is 0 Å². The zero-order valence-corrected chi connectivity index (χ0v) is 6.78. The van der Waals surface area contributed by atoms with Crippen LogP contribution in [0, 0.1) is 0 Å². The van der Waals surface area contributed by atoms with Gasteiger partial charge in [0.2, 0.25) is 0 Å². The van der Waals surface area contributed by atoms with Crippen molar-refractivity contribution in [3.63, 3.8) is 0 Å². The first-order valence-corrected chi connectivity index (χ1v) is 3.80. The molecule has 1 saturated heterocycles. The molecule has 1 fully saturated rings. The van der Waals surface area contributed by atoms with Crippen LogP contribution in [-0.4, -0.2) is 18.8 Å². The van der Waals surface area contributed by atoms with Gasteiger partial charge in [0.25, 0.3) is 0 Å². The lowest BCUT2D eigenvalue weighted by Gasteiger charge is -2.03. The first-order valence-electron chi connectivity index (χ1n) is 3.80. The van der Waals surface area contributed by atoms with E-state index in [-0.39, 0.29) is 11.9 Å². The Morgan fingerprint density at radius 1 is 1.58 bits per heavy atom. The van der Waals surface area contributed by atoms with Crippen LogP contribution < -0.4 is 4.74 Å². The number of phenols is 1. The topological polar surface area (TPSA) is 42.0 Å². The summed E-state index contributed by atoms with van der Waals surface area (Å²) in [6.45, 7) is 0.772. The number of methoxy groups -OCH3 is 1. The van der Waals surface area contributed by atoms with Crippen molar-refractivity contribution in [2.24, 2.45) is 0 Å². The first kappa shape index (κ1) is 7.43. The third-order valence-electron chi connectivity index (χ3n) is 1.91. The smallest absolute Gasteiger partial charge is 0.160 e. The lowest BCUT2D eigenvalue weighted by molar-refractivity contribution is 0.370. The van der Waals surface area contributed by atoms with E-state index in [4.69, 9.17) is 9.47 Å². The second-order valence-corrected chi connectivity index (χ2v) is 2.75. The van der Waals surface area contributed by atoms with Crippen molar-refractivity contribution in [2.75, 3.05) is 13.7 Å². The first-order chi connectivity index (χ1) is 5.81. The standard InChI is InChI=1S/C9H10O3/c1-11-8-4-6(9-5-12-9)2-3-7(8)10/h2-4,9-10H,5H2,1H3/t9-/m1/s1. The molecule has 1 aliphatic rings. The van der Waals surface area contributed by atoms with Crippen LogP contribution in [0.4, 0.5) is 0 Å². The van der Waals surface area contributed by atoms with Gasteiger partial charge in [0.1, 0.15) is 6.10 Å². The molecule has 1 heterocycles. The third-order valence-corrected chi connectivity index (χ3v) is 1.91. The van der Waals surface area contributed by atoms with Crippen LogP contribution in [0.2, 0.25) is 0 Å². The maximum absolute atomic E-state index is 9.27. The SMILES string of the molecule is COc1cc([C@H]2CO2)ccc1O. The van der Waals surface area contributed by atoms with Crippen LogP contribution in [0.15, 0.2) is 18.2 Å². The molecule has 2 rings (SSSR count). The molecule has 0 aromatic heterocycles. The molecule has 0 spiro atoms. The van der Waals surface area contributed by atoms with Crippen LogP contribution in [0.3, 0.4) is 0 Å². The van der Waals surface area contributed by atoms with Gasteiger partial charge in [-0.1, -0.05) is 6.07 Å². The molecule has 0 bridgehead atoms. The van der Waals surface area contributed by atoms with Crippen LogP contribution in [0.5, 0.6) is 11.5 Å². The maximum Gasteiger partial charge on any atom is 0.160 e. The van der Waals surface area contributed by atoms with E-state index in [9.17, 15) is 5.11 Å². The molecule has 1 N–H and O–H groups in total. The summed E-state index contributed by atoms with van der Waals surface area (Å²) in [7, 11) is 1.53. The summed E-state index contributed by atoms with van der Waals surface area (Å²) in [5, 5.41) is 9.27. The summed E-state index contributed by atoms with van der Waals surface area (Å²) < 4.78 is 10.1. The van der Waals surface area contributed by atoms with E-state index in [1.165, 1.54) is 7.11 Å². The lowest BCUT2D eigenvalue weighted by atomic mass is 10.1. The summed E-state index contributed by atoms with van der Waals surface area (Å²) in [6.07, 6.45) is 0.208. The number of hydrogen-bond donors (Lipinski definition) is 1. The minimum atomic E-state index is 0.168.